The molecule has 1 N–H and O–H groups in total. The van der Waals surface area contributed by atoms with Crippen molar-refractivity contribution in [2.75, 3.05) is 31.6 Å². The van der Waals surface area contributed by atoms with Crippen molar-refractivity contribution in [2.45, 2.75) is 25.9 Å². The Bertz CT molecular complexity index is 487. The zero-order valence-electron chi connectivity index (χ0n) is 11.3. The van der Waals surface area contributed by atoms with Gasteiger partial charge in [-0.15, -0.1) is 0 Å². The van der Waals surface area contributed by atoms with E-state index in [0.29, 0.717) is 19.7 Å². The lowest BCUT2D eigenvalue weighted by Gasteiger charge is -2.31. The molecular formula is C15H20N2O2. The van der Waals surface area contributed by atoms with Crippen molar-refractivity contribution >= 4 is 11.6 Å². The predicted molar refractivity (Wildman–Crippen MR) is 74.6 cm³/mol. The van der Waals surface area contributed by atoms with Crippen molar-refractivity contribution < 1.29 is 9.53 Å². The number of amides is 1. The lowest BCUT2D eigenvalue weighted by atomic mass is 10.00. The quantitative estimate of drug-likeness (QED) is 0.838. The minimum absolute atomic E-state index is 0.128. The number of anilines is 1. The molecule has 19 heavy (non-hydrogen) atoms. The maximum absolute atomic E-state index is 12.5. The Balaban J connectivity index is 1.79. The highest BCUT2D eigenvalue weighted by atomic mass is 16.5. The topological polar surface area (TPSA) is 41.6 Å². The van der Waals surface area contributed by atoms with Crippen LogP contribution in [0.2, 0.25) is 0 Å². The molecule has 1 atom stereocenters. The summed E-state index contributed by atoms with van der Waals surface area (Å²) in [4.78, 5) is 14.4. The molecule has 0 spiro atoms. The average Bonchev–Trinajstić information content (AvgIpc) is 2.46. The number of carbonyl (C=O) groups excluding carboxylic acids is 1. The van der Waals surface area contributed by atoms with E-state index in [1.807, 2.05) is 30.0 Å². The number of hydrogen-bond donors (Lipinski definition) is 1. The van der Waals surface area contributed by atoms with Crippen LogP contribution >= 0.6 is 0 Å². The van der Waals surface area contributed by atoms with Gasteiger partial charge in [-0.1, -0.05) is 0 Å². The average molecular weight is 260 g/mol. The normalized spacial score (nSPS) is 22.6. The fourth-order valence-corrected chi connectivity index (χ4v) is 2.79. The van der Waals surface area contributed by atoms with Crippen LogP contribution in [-0.2, 0) is 11.2 Å². The van der Waals surface area contributed by atoms with Crippen LogP contribution in [0.3, 0.4) is 0 Å². The third-order valence-electron chi connectivity index (χ3n) is 3.82. The number of carbonyl (C=O) groups is 1. The van der Waals surface area contributed by atoms with Gasteiger partial charge in [0.25, 0.3) is 5.91 Å². The van der Waals surface area contributed by atoms with Crippen molar-refractivity contribution in [3.63, 3.8) is 0 Å². The number of hydrogen-bond acceptors (Lipinski definition) is 3. The lowest BCUT2D eigenvalue weighted by molar-refractivity contribution is -0.0124. The molecular weight excluding hydrogens is 240 g/mol. The highest BCUT2D eigenvalue weighted by Gasteiger charge is 2.23. The van der Waals surface area contributed by atoms with Crippen LogP contribution < -0.4 is 5.32 Å². The first-order valence-electron chi connectivity index (χ1n) is 7.02. The highest BCUT2D eigenvalue weighted by molar-refractivity contribution is 5.95. The second-order valence-corrected chi connectivity index (χ2v) is 5.33. The van der Waals surface area contributed by atoms with Crippen LogP contribution in [0.15, 0.2) is 18.2 Å². The van der Waals surface area contributed by atoms with Crippen molar-refractivity contribution in [1.29, 1.82) is 0 Å². The monoisotopic (exact) mass is 260 g/mol. The molecule has 1 aromatic carbocycles. The van der Waals surface area contributed by atoms with Gasteiger partial charge in [0, 0.05) is 30.9 Å². The Kier molecular flexibility index (Phi) is 3.42. The van der Waals surface area contributed by atoms with Crippen LogP contribution in [0.1, 0.15) is 29.3 Å². The zero-order valence-corrected chi connectivity index (χ0v) is 11.3. The predicted octanol–water partition coefficient (Wildman–Crippen LogP) is 1.91. The van der Waals surface area contributed by atoms with Gasteiger partial charge in [0.15, 0.2) is 0 Å². The standard InChI is InChI=1S/C15H20N2O2/c1-11-10-17(7-8-19-11)15(18)13-4-5-14-12(9-13)3-2-6-16-14/h4-5,9,11,16H,2-3,6-8,10H2,1H3. The van der Waals surface area contributed by atoms with Crippen molar-refractivity contribution in [3.05, 3.63) is 29.3 Å². The van der Waals surface area contributed by atoms with E-state index >= 15 is 0 Å². The van der Waals surface area contributed by atoms with Gasteiger partial charge in [0.05, 0.1) is 12.7 Å². The van der Waals surface area contributed by atoms with E-state index in [1.54, 1.807) is 0 Å². The van der Waals surface area contributed by atoms with Crippen molar-refractivity contribution in [1.82, 2.24) is 4.90 Å². The summed E-state index contributed by atoms with van der Waals surface area (Å²) >= 11 is 0. The van der Waals surface area contributed by atoms with Gasteiger partial charge in [-0.3, -0.25) is 4.79 Å². The number of nitrogens with zero attached hydrogens (tertiary/aromatic N) is 1. The summed E-state index contributed by atoms with van der Waals surface area (Å²) in [6.07, 6.45) is 2.33. The molecule has 2 aliphatic rings. The molecule has 1 saturated heterocycles. The Morgan fingerprint density at radius 2 is 2.37 bits per heavy atom. The van der Waals surface area contributed by atoms with Crippen molar-refractivity contribution in [2.24, 2.45) is 0 Å². The van der Waals surface area contributed by atoms with Crippen molar-refractivity contribution in [3.8, 4) is 0 Å². The van der Waals surface area contributed by atoms with E-state index in [-0.39, 0.29) is 12.0 Å². The summed E-state index contributed by atoms with van der Waals surface area (Å²) in [5.41, 5.74) is 3.24. The number of ether oxygens (including phenoxy) is 1. The van der Waals surface area contributed by atoms with Crippen LogP contribution in [-0.4, -0.2) is 43.2 Å². The number of rotatable bonds is 1. The molecule has 1 fully saturated rings. The molecule has 1 aromatic rings. The smallest absolute Gasteiger partial charge is 0.254 e. The minimum Gasteiger partial charge on any atom is -0.385 e. The Labute approximate surface area is 113 Å². The second kappa shape index (κ2) is 5.21. The number of nitrogens with one attached hydrogen (secondary N) is 1. The number of morpholine rings is 1. The van der Waals surface area contributed by atoms with Gasteiger partial charge in [-0.2, -0.15) is 0 Å². The Morgan fingerprint density at radius 3 is 3.21 bits per heavy atom. The zero-order chi connectivity index (χ0) is 13.2. The maximum atomic E-state index is 12.5. The highest BCUT2D eigenvalue weighted by Crippen LogP contribution is 2.23. The summed E-state index contributed by atoms with van der Waals surface area (Å²) in [5.74, 6) is 0.128. The minimum atomic E-state index is 0.128. The van der Waals surface area contributed by atoms with E-state index in [4.69, 9.17) is 4.74 Å². The third kappa shape index (κ3) is 2.59. The Hall–Kier alpha value is -1.55. The third-order valence-corrected chi connectivity index (χ3v) is 3.82. The number of aryl methyl sites for hydroxylation is 1. The van der Waals surface area contributed by atoms with Gasteiger partial charge in [-0.25, -0.2) is 0 Å². The largest absolute Gasteiger partial charge is 0.385 e. The summed E-state index contributed by atoms with van der Waals surface area (Å²) in [7, 11) is 0. The fourth-order valence-electron chi connectivity index (χ4n) is 2.79. The van der Waals surface area contributed by atoms with E-state index < -0.39 is 0 Å². The first kappa shape index (κ1) is 12.5. The molecule has 0 saturated carbocycles. The van der Waals surface area contributed by atoms with Crippen LogP contribution in [0, 0.1) is 0 Å². The molecule has 0 bridgehead atoms. The van der Waals surface area contributed by atoms with Gasteiger partial charge in [-0.05, 0) is 43.5 Å². The molecule has 0 radical (unpaired) electrons. The van der Waals surface area contributed by atoms with E-state index in [1.165, 1.54) is 11.3 Å². The molecule has 4 nitrogen and oxygen atoms in total. The second-order valence-electron chi connectivity index (χ2n) is 5.33. The molecule has 4 heteroatoms. The number of fused-ring (bicyclic) bond motifs is 1. The maximum Gasteiger partial charge on any atom is 0.254 e. The van der Waals surface area contributed by atoms with E-state index in [0.717, 1.165) is 24.9 Å². The van der Waals surface area contributed by atoms with Gasteiger partial charge >= 0.3 is 0 Å². The van der Waals surface area contributed by atoms with Gasteiger partial charge < -0.3 is 15.0 Å². The summed E-state index contributed by atoms with van der Waals surface area (Å²) in [5, 5.41) is 3.37. The van der Waals surface area contributed by atoms with Crippen LogP contribution in [0.4, 0.5) is 5.69 Å². The molecule has 2 heterocycles. The lowest BCUT2D eigenvalue weighted by Crippen LogP contribution is -2.44. The Morgan fingerprint density at radius 1 is 1.47 bits per heavy atom. The van der Waals surface area contributed by atoms with Crippen LogP contribution in [0.5, 0.6) is 0 Å². The first-order valence-corrected chi connectivity index (χ1v) is 7.02. The summed E-state index contributed by atoms with van der Waals surface area (Å²) < 4.78 is 5.48. The molecule has 1 amide bonds. The molecule has 1 unspecified atom stereocenters. The number of benzene rings is 1. The SMILES string of the molecule is CC1CN(C(=O)c2ccc3c(c2)CCCN3)CCO1. The molecule has 0 aromatic heterocycles. The fraction of sp³-hybridized carbons (Fsp3) is 0.533. The molecule has 2 aliphatic heterocycles. The van der Waals surface area contributed by atoms with E-state index in [2.05, 4.69) is 5.32 Å². The summed E-state index contributed by atoms with van der Waals surface area (Å²) in [6.45, 7) is 5.06. The van der Waals surface area contributed by atoms with Gasteiger partial charge in [0.1, 0.15) is 0 Å². The molecule has 0 aliphatic carbocycles. The first-order chi connectivity index (χ1) is 9.24. The van der Waals surface area contributed by atoms with E-state index in [9.17, 15) is 4.79 Å². The van der Waals surface area contributed by atoms with Crippen LogP contribution in [0.25, 0.3) is 0 Å². The summed E-state index contributed by atoms with van der Waals surface area (Å²) in [6, 6.07) is 6.01. The van der Waals surface area contributed by atoms with Gasteiger partial charge in [0.2, 0.25) is 0 Å². The molecule has 102 valence electrons. The molecule has 3 rings (SSSR count).